The summed E-state index contributed by atoms with van der Waals surface area (Å²) in [5, 5.41) is 0. The second-order valence-corrected chi connectivity index (χ2v) is 6.24. The van der Waals surface area contributed by atoms with Crippen LogP contribution >= 0.6 is 0 Å². The van der Waals surface area contributed by atoms with E-state index in [4.69, 9.17) is 0 Å². The van der Waals surface area contributed by atoms with Gasteiger partial charge in [0.1, 0.15) is 11.5 Å². The zero-order chi connectivity index (χ0) is 20.0. The molecular weight excluding hydrogens is 369 g/mol. The lowest BCUT2D eigenvalue weighted by Crippen LogP contribution is -2.32. The summed E-state index contributed by atoms with van der Waals surface area (Å²) in [6.45, 7) is 3.15. The summed E-state index contributed by atoms with van der Waals surface area (Å²) < 4.78 is 69.4. The van der Waals surface area contributed by atoms with Gasteiger partial charge in [-0.15, -0.1) is 0 Å². The number of ketones is 1. The average molecular weight is 383 g/mol. The second kappa shape index (κ2) is 6.75. The molecule has 8 heteroatoms. The maximum absolute atomic E-state index is 14.3. The quantitative estimate of drug-likeness (QED) is 0.434. The molecule has 2 aromatic rings. The highest BCUT2D eigenvalue weighted by molar-refractivity contribution is 6.12. The number of hydrogen-bond acceptors (Lipinski definition) is 2. The van der Waals surface area contributed by atoms with Gasteiger partial charge in [-0.3, -0.25) is 14.5 Å². The number of Topliss-reactive ketones (excluding diaryl/α,β-unsaturated/α-hetero) is 1. The van der Waals surface area contributed by atoms with E-state index in [1.54, 1.807) is 26.0 Å². The molecule has 1 heterocycles. The summed E-state index contributed by atoms with van der Waals surface area (Å²) in [6, 6.07) is 3.51. The number of aryl methyl sites for hydroxylation is 1. The molecule has 0 spiro atoms. The fraction of sp³-hybridized carbons (Fsp3) is 0.263. The van der Waals surface area contributed by atoms with Crippen LogP contribution in [0.15, 0.2) is 18.2 Å². The molecule has 3 rings (SSSR count). The Labute approximate surface area is 151 Å². The Hall–Kier alpha value is -2.77. The van der Waals surface area contributed by atoms with Gasteiger partial charge >= 0.3 is 0 Å². The summed E-state index contributed by atoms with van der Waals surface area (Å²) in [6.07, 6.45) is -0.213. The minimum absolute atomic E-state index is 0.0929. The summed E-state index contributed by atoms with van der Waals surface area (Å²) in [5.74, 6) is -12.1. The molecule has 1 unspecified atom stereocenters. The SMILES string of the molecule is CCC(=O)CC1c2cccc(C)c2C(=O)N1c1c(F)c(F)c(F)c(F)c1F. The van der Waals surface area contributed by atoms with Crippen LogP contribution in [0.4, 0.5) is 27.6 Å². The van der Waals surface area contributed by atoms with Gasteiger partial charge in [-0.25, -0.2) is 22.0 Å². The normalized spacial score (nSPS) is 16.0. The van der Waals surface area contributed by atoms with Crippen LogP contribution < -0.4 is 4.90 Å². The molecule has 1 aliphatic rings. The molecule has 1 aliphatic heterocycles. The van der Waals surface area contributed by atoms with Crippen molar-refractivity contribution >= 4 is 17.4 Å². The first-order valence-corrected chi connectivity index (χ1v) is 8.16. The van der Waals surface area contributed by atoms with Gasteiger partial charge in [-0.2, -0.15) is 0 Å². The Morgan fingerprint density at radius 2 is 1.56 bits per heavy atom. The second-order valence-electron chi connectivity index (χ2n) is 6.24. The van der Waals surface area contributed by atoms with Crippen molar-refractivity contribution in [2.45, 2.75) is 32.7 Å². The Kier molecular flexibility index (Phi) is 4.75. The topological polar surface area (TPSA) is 37.4 Å². The molecule has 142 valence electrons. The monoisotopic (exact) mass is 383 g/mol. The van der Waals surface area contributed by atoms with Crippen LogP contribution in [0.2, 0.25) is 0 Å². The fourth-order valence-corrected chi connectivity index (χ4v) is 3.28. The standard InChI is InChI=1S/C19H14F5NO2/c1-3-9(26)7-11-10-6-4-5-8(2)12(10)19(27)25(11)18-16(23)14(21)13(20)15(22)17(18)24/h4-6,11H,3,7H2,1-2H3. The number of nitrogens with zero attached hydrogens (tertiary/aromatic N) is 1. The molecule has 1 amide bonds. The third kappa shape index (κ3) is 2.79. The lowest BCUT2D eigenvalue weighted by atomic mass is 9.97. The molecule has 0 aliphatic carbocycles. The Balaban J connectivity index is 2.28. The van der Waals surface area contributed by atoms with Crippen LogP contribution in [0, 0.1) is 36.0 Å². The molecule has 0 saturated heterocycles. The van der Waals surface area contributed by atoms with Gasteiger partial charge in [-0.05, 0) is 18.1 Å². The molecule has 27 heavy (non-hydrogen) atoms. The van der Waals surface area contributed by atoms with Crippen molar-refractivity contribution in [1.82, 2.24) is 0 Å². The first-order valence-electron chi connectivity index (χ1n) is 8.16. The van der Waals surface area contributed by atoms with Crippen molar-refractivity contribution in [3.05, 3.63) is 64.0 Å². The fourth-order valence-electron chi connectivity index (χ4n) is 3.28. The van der Waals surface area contributed by atoms with E-state index in [0.717, 1.165) is 0 Å². The minimum Gasteiger partial charge on any atom is -0.300 e. The molecule has 0 N–H and O–H groups in total. The van der Waals surface area contributed by atoms with Crippen LogP contribution in [0.25, 0.3) is 0 Å². The number of halogens is 5. The third-order valence-corrected chi connectivity index (χ3v) is 4.65. The zero-order valence-electron chi connectivity index (χ0n) is 14.4. The Morgan fingerprint density at radius 3 is 2.11 bits per heavy atom. The number of carbonyl (C=O) groups excluding carboxylic acids is 2. The zero-order valence-corrected chi connectivity index (χ0v) is 14.4. The van der Waals surface area contributed by atoms with Crippen molar-refractivity contribution < 1.29 is 31.5 Å². The highest BCUT2D eigenvalue weighted by Gasteiger charge is 2.43. The van der Waals surface area contributed by atoms with E-state index >= 15 is 0 Å². The van der Waals surface area contributed by atoms with Crippen molar-refractivity contribution in [3.63, 3.8) is 0 Å². The van der Waals surface area contributed by atoms with E-state index in [1.165, 1.54) is 6.07 Å². The Bertz CT molecular complexity index is 944. The number of carbonyl (C=O) groups is 2. The molecule has 0 fully saturated rings. The highest BCUT2D eigenvalue weighted by Crippen LogP contribution is 2.44. The van der Waals surface area contributed by atoms with Crippen molar-refractivity contribution in [3.8, 4) is 0 Å². The predicted molar refractivity (Wildman–Crippen MR) is 86.9 cm³/mol. The van der Waals surface area contributed by atoms with Gasteiger partial charge < -0.3 is 0 Å². The molecule has 2 aromatic carbocycles. The van der Waals surface area contributed by atoms with Crippen LogP contribution in [0.1, 0.15) is 47.3 Å². The lowest BCUT2D eigenvalue weighted by Gasteiger charge is -2.26. The largest absolute Gasteiger partial charge is 0.300 e. The first kappa shape index (κ1) is 19.0. The maximum atomic E-state index is 14.3. The van der Waals surface area contributed by atoms with E-state index in [0.29, 0.717) is 16.0 Å². The van der Waals surface area contributed by atoms with Crippen molar-refractivity contribution in [1.29, 1.82) is 0 Å². The smallest absolute Gasteiger partial charge is 0.259 e. The van der Waals surface area contributed by atoms with Gasteiger partial charge in [0.05, 0.1) is 6.04 Å². The molecule has 0 saturated carbocycles. The van der Waals surface area contributed by atoms with Gasteiger partial charge in [0, 0.05) is 18.4 Å². The number of rotatable bonds is 4. The van der Waals surface area contributed by atoms with E-state index in [1.807, 2.05) is 0 Å². The first-order chi connectivity index (χ1) is 12.7. The van der Waals surface area contributed by atoms with Crippen LogP contribution in [-0.4, -0.2) is 11.7 Å². The molecule has 0 bridgehead atoms. The summed E-state index contributed by atoms with van der Waals surface area (Å²) in [4.78, 5) is 25.3. The van der Waals surface area contributed by atoms with E-state index < -0.39 is 46.7 Å². The predicted octanol–water partition coefficient (Wildman–Crippen LogP) is 4.76. The summed E-state index contributed by atoms with van der Waals surface area (Å²) in [7, 11) is 0. The molecular formula is C19H14F5NO2. The van der Waals surface area contributed by atoms with E-state index in [2.05, 4.69) is 0 Å². The minimum atomic E-state index is -2.31. The number of anilines is 1. The summed E-state index contributed by atoms with van der Waals surface area (Å²) in [5.41, 5.74) is -0.472. The van der Waals surface area contributed by atoms with Gasteiger partial charge in [0.25, 0.3) is 5.91 Å². The lowest BCUT2D eigenvalue weighted by molar-refractivity contribution is -0.119. The molecule has 0 aromatic heterocycles. The van der Waals surface area contributed by atoms with Crippen LogP contribution in [0.5, 0.6) is 0 Å². The van der Waals surface area contributed by atoms with E-state index in [-0.39, 0.29) is 24.2 Å². The number of hydrogen-bond donors (Lipinski definition) is 0. The Morgan fingerprint density at radius 1 is 1.00 bits per heavy atom. The molecule has 1 atom stereocenters. The average Bonchev–Trinajstić information content (AvgIpc) is 2.92. The number of fused-ring (bicyclic) bond motifs is 1. The highest BCUT2D eigenvalue weighted by atomic mass is 19.2. The molecule has 0 radical (unpaired) electrons. The van der Waals surface area contributed by atoms with Crippen LogP contribution in [-0.2, 0) is 4.79 Å². The van der Waals surface area contributed by atoms with Crippen molar-refractivity contribution in [2.75, 3.05) is 4.90 Å². The maximum Gasteiger partial charge on any atom is 0.259 e. The van der Waals surface area contributed by atoms with E-state index in [9.17, 15) is 31.5 Å². The van der Waals surface area contributed by atoms with Crippen molar-refractivity contribution in [2.24, 2.45) is 0 Å². The number of benzene rings is 2. The van der Waals surface area contributed by atoms with Gasteiger partial charge in [0.15, 0.2) is 23.3 Å². The van der Waals surface area contributed by atoms with Gasteiger partial charge in [0.2, 0.25) is 5.82 Å². The van der Waals surface area contributed by atoms with Crippen LogP contribution in [0.3, 0.4) is 0 Å². The van der Waals surface area contributed by atoms with Gasteiger partial charge in [-0.1, -0.05) is 25.1 Å². The molecule has 3 nitrogen and oxygen atoms in total. The number of amides is 1. The third-order valence-electron chi connectivity index (χ3n) is 4.65. The summed E-state index contributed by atoms with van der Waals surface area (Å²) >= 11 is 0.